The molecule has 0 saturated carbocycles. The van der Waals surface area contributed by atoms with Gasteiger partial charge in [0, 0.05) is 0 Å². The number of aryl methyl sites for hydroxylation is 1. The first-order chi connectivity index (χ1) is 13.9. The molecule has 0 atom stereocenters. The molecule has 0 fully saturated rings. The molecule has 1 aromatic heterocycles. The standard InChI is InChI=1S/C20H19N3O6/c1-11-4-3-5-13-18(11)22-17(23-19(13)25)10-29-20(26)12-6-7-14(15(8-12)27-2)28-9-16(21)24/h3-8H,9-10H2,1-2H3,(H2,21,24)(H,22,23,25). The Kier molecular flexibility index (Phi) is 5.77. The summed E-state index contributed by atoms with van der Waals surface area (Å²) in [5.74, 6) is -0.536. The Hall–Kier alpha value is -3.88. The van der Waals surface area contributed by atoms with Crippen LogP contribution in [0.2, 0.25) is 0 Å². The van der Waals surface area contributed by atoms with Crippen molar-refractivity contribution in [1.82, 2.24) is 9.97 Å². The Morgan fingerprint density at radius 2 is 1.97 bits per heavy atom. The van der Waals surface area contributed by atoms with Crippen molar-refractivity contribution in [3.8, 4) is 11.5 Å². The highest BCUT2D eigenvalue weighted by Crippen LogP contribution is 2.28. The summed E-state index contributed by atoms with van der Waals surface area (Å²) in [7, 11) is 1.40. The molecule has 9 heteroatoms. The van der Waals surface area contributed by atoms with Gasteiger partial charge in [0.2, 0.25) is 0 Å². The summed E-state index contributed by atoms with van der Waals surface area (Å²) in [6, 6.07) is 9.65. The highest BCUT2D eigenvalue weighted by molar-refractivity contribution is 5.90. The second-order valence-electron chi connectivity index (χ2n) is 6.18. The molecule has 0 aliphatic heterocycles. The van der Waals surface area contributed by atoms with E-state index >= 15 is 0 Å². The monoisotopic (exact) mass is 397 g/mol. The highest BCUT2D eigenvalue weighted by atomic mass is 16.5. The van der Waals surface area contributed by atoms with Crippen molar-refractivity contribution in [2.45, 2.75) is 13.5 Å². The zero-order valence-corrected chi connectivity index (χ0v) is 15.9. The molecule has 3 N–H and O–H groups in total. The maximum Gasteiger partial charge on any atom is 0.338 e. The van der Waals surface area contributed by atoms with E-state index < -0.39 is 11.9 Å². The number of hydrogen-bond donors (Lipinski definition) is 2. The van der Waals surface area contributed by atoms with Gasteiger partial charge in [-0.25, -0.2) is 9.78 Å². The van der Waals surface area contributed by atoms with Gasteiger partial charge in [-0.1, -0.05) is 12.1 Å². The van der Waals surface area contributed by atoms with Crippen LogP contribution in [0, 0.1) is 6.92 Å². The van der Waals surface area contributed by atoms with Gasteiger partial charge >= 0.3 is 5.97 Å². The summed E-state index contributed by atoms with van der Waals surface area (Å²) in [6.07, 6.45) is 0. The molecule has 0 unspecified atom stereocenters. The molecule has 3 aromatic rings. The number of hydrogen-bond acceptors (Lipinski definition) is 7. The SMILES string of the molecule is COc1cc(C(=O)OCc2nc3c(C)cccc3c(=O)[nH]2)ccc1OCC(N)=O. The molecule has 0 radical (unpaired) electrons. The van der Waals surface area contributed by atoms with E-state index in [2.05, 4.69) is 9.97 Å². The third-order valence-electron chi connectivity index (χ3n) is 4.10. The number of aromatic nitrogens is 2. The number of H-pyrrole nitrogens is 1. The summed E-state index contributed by atoms with van der Waals surface area (Å²) in [5, 5.41) is 0.469. The van der Waals surface area contributed by atoms with Gasteiger partial charge in [0.15, 0.2) is 18.1 Å². The highest BCUT2D eigenvalue weighted by Gasteiger charge is 2.14. The molecule has 1 amide bonds. The van der Waals surface area contributed by atoms with E-state index in [0.717, 1.165) is 5.56 Å². The fourth-order valence-corrected chi connectivity index (χ4v) is 2.70. The number of aromatic amines is 1. The molecule has 150 valence electrons. The quantitative estimate of drug-likeness (QED) is 0.577. The van der Waals surface area contributed by atoms with E-state index in [4.69, 9.17) is 19.9 Å². The van der Waals surface area contributed by atoms with E-state index in [1.54, 1.807) is 12.1 Å². The van der Waals surface area contributed by atoms with E-state index in [-0.39, 0.29) is 41.7 Å². The lowest BCUT2D eigenvalue weighted by Gasteiger charge is -2.11. The average Bonchev–Trinajstić information content (AvgIpc) is 2.71. The normalized spacial score (nSPS) is 10.6. The number of amides is 1. The Morgan fingerprint density at radius 1 is 1.17 bits per heavy atom. The molecule has 0 spiro atoms. The van der Waals surface area contributed by atoms with Crippen LogP contribution >= 0.6 is 0 Å². The third-order valence-corrected chi connectivity index (χ3v) is 4.10. The number of nitrogens with two attached hydrogens (primary N) is 1. The van der Waals surface area contributed by atoms with Gasteiger partial charge in [-0.05, 0) is 36.8 Å². The second kappa shape index (κ2) is 8.42. The van der Waals surface area contributed by atoms with Gasteiger partial charge in [-0.3, -0.25) is 9.59 Å². The van der Waals surface area contributed by atoms with E-state index in [9.17, 15) is 14.4 Å². The zero-order chi connectivity index (χ0) is 21.0. The van der Waals surface area contributed by atoms with Gasteiger partial charge in [0.25, 0.3) is 11.5 Å². The van der Waals surface area contributed by atoms with Gasteiger partial charge in [-0.15, -0.1) is 0 Å². The fraction of sp³-hybridized carbons (Fsp3) is 0.200. The first-order valence-electron chi connectivity index (χ1n) is 8.64. The van der Waals surface area contributed by atoms with Crippen molar-refractivity contribution in [3.63, 3.8) is 0 Å². The van der Waals surface area contributed by atoms with Crippen molar-refractivity contribution in [3.05, 3.63) is 63.7 Å². The first kappa shape index (κ1) is 19.9. The third kappa shape index (κ3) is 4.52. The minimum Gasteiger partial charge on any atom is -0.493 e. The molecule has 29 heavy (non-hydrogen) atoms. The molecule has 0 aliphatic rings. The van der Waals surface area contributed by atoms with Crippen molar-refractivity contribution in [1.29, 1.82) is 0 Å². The molecule has 0 saturated heterocycles. The maximum atomic E-state index is 12.4. The number of carbonyl (C=O) groups is 2. The Bertz CT molecular complexity index is 1140. The number of methoxy groups -OCH3 is 1. The molecule has 9 nitrogen and oxygen atoms in total. The Labute approximate surface area is 165 Å². The van der Waals surface area contributed by atoms with Crippen LogP contribution in [0.3, 0.4) is 0 Å². The summed E-state index contributed by atoms with van der Waals surface area (Å²) < 4.78 is 15.6. The van der Waals surface area contributed by atoms with Gasteiger partial charge in [0.05, 0.1) is 23.6 Å². The molecular formula is C20H19N3O6. The van der Waals surface area contributed by atoms with Crippen LogP contribution in [0.5, 0.6) is 11.5 Å². The average molecular weight is 397 g/mol. The number of fused-ring (bicyclic) bond motifs is 1. The van der Waals surface area contributed by atoms with E-state index in [0.29, 0.717) is 10.9 Å². The lowest BCUT2D eigenvalue weighted by Crippen LogP contribution is -2.20. The van der Waals surface area contributed by atoms with Gasteiger partial charge in [-0.2, -0.15) is 0 Å². The van der Waals surface area contributed by atoms with Gasteiger partial charge in [0.1, 0.15) is 12.4 Å². The van der Waals surface area contributed by atoms with Crippen LogP contribution in [0.1, 0.15) is 21.7 Å². The first-order valence-corrected chi connectivity index (χ1v) is 8.64. The lowest BCUT2D eigenvalue weighted by molar-refractivity contribution is -0.119. The minimum absolute atomic E-state index is 0.201. The molecule has 1 heterocycles. The minimum atomic E-state index is -0.641. The number of nitrogens with one attached hydrogen (secondary N) is 1. The van der Waals surface area contributed by atoms with Crippen molar-refractivity contribution < 1.29 is 23.8 Å². The van der Waals surface area contributed by atoms with E-state index in [1.807, 2.05) is 13.0 Å². The number of ether oxygens (including phenoxy) is 3. The zero-order valence-electron chi connectivity index (χ0n) is 15.9. The number of benzene rings is 2. The number of esters is 1. The maximum absolute atomic E-state index is 12.4. The predicted octanol–water partition coefficient (Wildman–Crippen LogP) is 1.46. The lowest BCUT2D eigenvalue weighted by atomic mass is 10.1. The van der Waals surface area contributed by atoms with Crippen LogP contribution in [0.15, 0.2) is 41.2 Å². The summed E-state index contributed by atoms with van der Waals surface area (Å²) in [6.45, 7) is 1.32. The molecule has 0 aliphatic carbocycles. The van der Waals surface area contributed by atoms with Crippen LogP contribution in [-0.4, -0.2) is 35.6 Å². The molecule has 0 bridgehead atoms. The summed E-state index contributed by atoms with van der Waals surface area (Å²) >= 11 is 0. The van der Waals surface area contributed by atoms with Crippen LogP contribution < -0.4 is 20.8 Å². The number of nitrogens with zero attached hydrogens (tertiary/aromatic N) is 1. The van der Waals surface area contributed by atoms with Gasteiger partial charge < -0.3 is 24.9 Å². The van der Waals surface area contributed by atoms with Crippen LogP contribution in [0.25, 0.3) is 10.9 Å². The smallest absolute Gasteiger partial charge is 0.338 e. The molecule has 2 aromatic carbocycles. The predicted molar refractivity (Wildman–Crippen MR) is 104 cm³/mol. The number of rotatable bonds is 7. The van der Waals surface area contributed by atoms with Crippen molar-refractivity contribution >= 4 is 22.8 Å². The van der Waals surface area contributed by atoms with Crippen molar-refractivity contribution in [2.75, 3.05) is 13.7 Å². The fourth-order valence-electron chi connectivity index (χ4n) is 2.70. The number of carbonyl (C=O) groups excluding carboxylic acids is 2. The summed E-state index contributed by atoms with van der Waals surface area (Å²) in [5.41, 5.74) is 6.35. The molecular weight excluding hydrogens is 378 g/mol. The van der Waals surface area contributed by atoms with Crippen molar-refractivity contribution in [2.24, 2.45) is 5.73 Å². The Balaban J connectivity index is 1.75. The second-order valence-corrected chi connectivity index (χ2v) is 6.18. The number of para-hydroxylation sites is 1. The van der Waals surface area contributed by atoms with E-state index in [1.165, 1.54) is 25.3 Å². The van der Waals surface area contributed by atoms with Crippen LogP contribution in [-0.2, 0) is 16.1 Å². The topological polar surface area (TPSA) is 134 Å². The molecule has 3 rings (SSSR count). The summed E-state index contributed by atoms with van der Waals surface area (Å²) in [4.78, 5) is 42.4. The Morgan fingerprint density at radius 3 is 2.69 bits per heavy atom. The largest absolute Gasteiger partial charge is 0.493 e. The van der Waals surface area contributed by atoms with Crippen LogP contribution in [0.4, 0.5) is 0 Å². The number of primary amides is 1.